The fourth-order valence-electron chi connectivity index (χ4n) is 2.36. The van der Waals surface area contributed by atoms with Crippen molar-refractivity contribution in [3.63, 3.8) is 0 Å². The van der Waals surface area contributed by atoms with Crippen LogP contribution in [0.5, 0.6) is 0 Å². The van der Waals surface area contributed by atoms with E-state index >= 15 is 0 Å². The quantitative estimate of drug-likeness (QED) is 0.778. The van der Waals surface area contributed by atoms with Crippen molar-refractivity contribution in [1.29, 1.82) is 0 Å². The summed E-state index contributed by atoms with van der Waals surface area (Å²) >= 11 is 1.66. The van der Waals surface area contributed by atoms with Crippen molar-refractivity contribution in [3.8, 4) is 0 Å². The Morgan fingerprint density at radius 3 is 2.74 bits per heavy atom. The molecule has 1 aromatic carbocycles. The highest BCUT2D eigenvalue weighted by Crippen LogP contribution is 2.29. The zero-order valence-corrected chi connectivity index (χ0v) is 12.0. The summed E-state index contributed by atoms with van der Waals surface area (Å²) in [7, 11) is 0. The highest BCUT2D eigenvalue weighted by molar-refractivity contribution is 7.09. The molecule has 0 amide bonds. The van der Waals surface area contributed by atoms with Crippen molar-refractivity contribution in [3.05, 3.63) is 39.8 Å². The standard InChI is InChI=1S/C14H16N4S/c1-8-5-4-6-11-12(8)17-14(15)18(11)10(3)13-16-9(2)7-19-13/h4-7,10H,1-3H3,(H2,15,17). The molecule has 19 heavy (non-hydrogen) atoms. The lowest BCUT2D eigenvalue weighted by Gasteiger charge is -2.13. The smallest absolute Gasteiger partial charge is 0.201 e. The van der Waals surface area contributed by atoms with Gasteiger partial charge in [0, 0.05) is 11.1 Å². The molecule has 3 aromatic rings. The predicted molar refractivity (Wildman–Crippen MR) is 79.5 cm³/mol. The van der Waals surface area contributed by atoms with Crippen molar-refractivity contribution < 1.29 is 0 Å². The van der Waals surface area contributed by atoms with E-state index in [-0.39, 0.29) is 6.04 Å². The van der Waals surface area contributed by atoms with Gasteiger partial charge in [0.05, 0.1) is 17.1 Å². The Balaban J connectivity index is 2.19. The number of nitrogens with two attached hydrogens (primary N) is 1. The van der Waals surface area contributed by atoms with E-state index in [0.717, 1.165) is 27.3 Å². The van der Waals surface area contributed by atoms with E-state index in [4.69, 9.17) is 5.73 Å². The summed E-state index contributed by atoms with van der Waals surface area (Å²) in [4.78, 5) is 9.03. The average Bonchev–Trinajstić information content (AvgIpc) is 2.93. The molecule has 2 N–H and O–H groups in total. The van der Waals surface area contributed by atoms with Gasteiger partial charge in [0.15, 0.2) is 0 Å². The molecule has 0 aliphatic carbocycles. The fraction of sp³-hybridized carbons (Fsp3) is 0.286. The van der Waals surface area contributed by atoms with Crippen LogP contribution in [0.4, 0.5) is 5.95 Å². The first-order valence-corrected chi connectivity index (χ1v) is 7.11. The average molecular weight is 272 g/mol. The van der Waals surface area contributed by atoms with Gasteiger partial charge in [-0.2, -0.15) is 0 Å². The number of hydrogen-bond acceptors (Lipinski definition) is 4. The number of aromatic nitrogens is 3. The molecule has 0 saturated heterocycles. The third-order valence-corrected chi connectivity index (χ3v) is 4.46. The van der Waals surface area contributed by atoms with Gasteiger partial charge in [-0.15, -0.1) is 11.3 Å². The highest BCUT2D eigenvalue weighted by Gasteiger charge is 2.18. The zero-order chi connectivity index (χ0) is 13.6. The second-order valence-electron chi connectivity index (χ2n) is 4.79. The normalized spacial score (nSPS) is 13.0. The first kappa shape index (κ1) is 12.2. The second kappa shape index (κ2) is 4.35. The molecule has 1 atom stereocenters. The molecule has 0 radical (unpaired) electrons. The van der Waals surface area contributed by atoms with Crippen molar-refractivity contribution in [2.75, 3.05) is 5.73 Å². The van der Waals surface area contributed by atoms with Crippen LogP contribution in [0, 0.1) is 13.8 Å². The van der Waals surface area contributed by atoms with Crippen LogP contribution in [-0.2, 0) is 0 Å². The van der Waals surface area contributed by atoms with Crippen molar-refractivity contribution in [1.82, 2.24) is 14.5 Å². The monoisotopic (exact) mass is 272 g/mol. The number of para-hydroxylation sites is 1. The summed E-state index contributed by atoms with van der Waals surface area (Å²) in [6, 6.07) is 6.25. The van der Waals surface area contributed by atoms with Crippen LogP contribution in [0.15, 0.2) is 23.6 Å². The zero-order valence-electron chi connectivity index (χ0n) is 11.2. The Labute approximate surface area is 115 Å². The van der Waals surface area contributed by atoms with Gasteiger partial charge in [-0.3, -0.25) is 0 Å². The van der Waals surface area contributed by atoms with E-state index in [1.807, 2.05) is 13.0 Å². The number of hydrogen-bond donors (Lipinski definition) is 1. The number of rotatable bonds is 2. The lowest BCUT2D eigenvalue weighted by molar-refractivity contribution is 0.661. The topological polar surface area (TPSA) is 56.7 Å². The number of imidazole rings is 1. The third kappa shape index (κ3) is 1.90. The molecule has 3 rings (SSSR count). The molecular weight excluding hydrogens is 256 g/mol. The molecule has 0 aliphatic rings. The Kier molecular flexibility index (Phi) is 2.78. The number of nitrogens with zero attached hydrogens (tertiary/aromatic N) is 3. The van der Waals surface area contributed by atoms with Gasteiger partial charge >= 0.3 is 0 Å². The molecule has 4 nitrogen and oxygen atoms in total. The molecule has 0 fully saturated rings. The molecule has 98 valence electrons. The van der Waals surface area contributed by atoms with E-state index in [0.29, 0.717) is 5.95 Å². The molecule has 1 unspecified atom stereocenters. The summed E-state index contributed by atoms with van der Waals surface area (Å²) in [5.74, 6) is 0.546. The Morgan fingerprint density at radius 1 is 1.26 bits per heavy atom. The maximum absolute atomic E-state index is 6.10. The van der Waals surface area contributed by atoms with Gasteiger partial charge in [0.2, 0.25) is 5.95 Å². The number of nitrogen functional groups attached to an aromatic ring is 1. The maximum Gasteiger partial charge on any atom is 0.201 e. The van der Waals surface area contributed by atoms with Gasteiger partial charge in [-0.25, -0.2) is 9.97 Å². The summed E-state index contributed by atoms with van der Waals surface area (Å²) in [6.07, 6.45) is 0. The van der Waals surface area contributed by atoms with Crippen molar-refractivity contribution >= 4 is 28.3 Å². The summed E-state index contributed by atoms with van der Waals surface area (Å²) in [5.41, 5.74) is 10.3. The van der Waals surface area contributed by atoms with Crippen LogP contribution in [0.1, 0.15) is 29.2 Å². The van der Waals surface area contributed by atoms with E-state index < -0.39 is 0 Å². The minimum absolute atomic E-state index is 0.102. The van der Waals surface area contributed by atoms with Gasteiger partial charge < -0.3 is 10.3 Å². The lowest BCUT2D eigenvalue weighted by Crippen LogP contribution is -2.10. The molecule has 2 aromatic heterocycles. The van der Waals surface area contributed by atoms with Gasteiger partial charge in [-0.1, -0.05) is 12.1 Å². The van der Waals surface area contributed by atoms with Crippen LogP contribution < -0.4 is 5.73 Å². The first-order chi connectivity index (χ1) is 9.08. The number of thiazole rings is 1. The van der Waals surface area contributed by atoms with Gasteiger partial charge in [0.1, 0.15) is 5.01 Å². The Hall–Kier alpha value is -1.88. The van der Waals surface area contributed by atoms with Crippen LogP contribution in [-0.4, -0.2) is 14.5 Å². The summed E-state index contributed by atoms with van der Waals surface area (Å²) in [6.45, 7) is 6.17. The minimum Gasteiger partial charge on any atom is -0.369 e. The second-order valence-corrected chi connectivity index (χ2v) is 5.68. The van der Waals surface area contributed by atoms with Crippen molar-refractivity contribution in [2.24, 2.45) is 0 Å². The first-order valence-electron chi connectivity index (χ1n) is 6.23. The van der Waals surface area contributed by atoms with Gasteiger partial charge in [-0.05, 0) is 32.4 Å². The van der Waals surface area contributed by atoms with E-state index in [9.17, 15) is 0 Å². The molecule has 0 spiro atoms. The largest absolute Gasteiger partial charge is 0.369 e. The van der Waals surface area contributed by atoms with E-state index in [2.05, 4.69) is 45.9 Å². The number of aryl methyl sites for hydroxylation is 2. The molecule has 0 saturated carbocycles. The number of benzene rings is 1. The van der Waals surface area contributed by atoms with Crippen molar-refractivity contribution in [2.45, 2.75) is 26.8 Å². The summed E-state index contributed by atoms with van der Waals surface area (Å²) in [5, 5.41) is 3.12. The van der Waals surface area contributed by atoms with E-state index in [1.54, 1.807) is 11.3 Å². The van der Waals surface area contributed by atoms with Gasteiger partial charge in [0.25, 0.3) is 0 Å². The summed E-state index contributed by atoms with van der Waals surface area (Å²) < 4.78 is 2.06. The minimum atomic E-state index is 0.102. The molecule has 0 bridgehead atoms. The SMILES string of the molecule is Cc1csc(C(C)n2c(N)nc3c(C)cccc32)n1. The predicted octanol–water partition coefficient (Wildman–Crippen LogP) is 3.30. The molecular formula is C14H16N4S. The van der Waals surface area contributed by atoms with Crippen LogP contribution in [0.25, 0.3) is 11.0 Å². The van der Waals surface area contributed by atoms with Crippen LogP contribution in [0.2, 0.25) is 0 Å². The number of fused-ring (bicyclic) bond motifs is 1. The fourth-order valence-corrected chi connectivity index (χ4v) is 3.20. The molecule has 0 aliphatic heterocycles. The van der Waals surface area contributed by atoms with E-state index in [1.165, 1.54) is 0 Å². The maximum atomic E-state index is 6.10. The Morgan fingerprint density at radius 2 is 2.05 bits per heavy atom. The Bertz CT molecular complexity index is 741. The third-order valence-electron chi connectivity index (χ3n) is 3.33. The lowest BCUT2D eigenvalue weighted by atomic mass is 10.2. The van der Waals surface area contributed by atoms with Crippen LogP contribution in [0.3, 0.4) is 0 Å². The van der Waals surface area contributed by atoms with Crippen LogP contribution >= 0.6 is 11.3 Å². The number of anilines is 1. The molecule has 5 heteroatoms. The molecule has 2 heterocycles. The highest BCUT2D eigenvalue weighted by atomic mass is 32.1.